The van der Waals surface area contributed by atoms with E-state index in [1.165, 1.54) is 11.1 Å². The monoisotopic (exact) mass is 208 g/mol. The summed E-state index contributed by atoms with van der Waals surface area (Å²) in [6.45, 7) is 6.36. The largest absolute Gasteiger partial charge is 0.119 e. The fourth-order valence-electron chi connectivity index (χ4n) is 1.24. The zero-order valence-corrected chi connectivity index (χ0v) is 9.75. The molecule has 1 aromatic rings. The number of rotatable bonds is 3. The van der Waals surface area contributed by atoms with Gasteiger partial charge in [0.15, 0.2) is 0 Å². The van der Waals surface area contributed by atoms with Crippen LogP contribution in [0.1, 0.15) is 37.8 Å². The summed E-state index contributed by atoms with van der Waals surface area (Å²) in [5.41, 5.74) is 2.59. The first-order valence-corrected chi connectivity index (χ1v) is 5.45. The molecule has 0 aliphatic carbocycles. The molecule has 0 radical (unpaired) electrons. The average molecular weight is 209 g/mol. The zero-order valence-electron chi connectivity index (χ0n) is 9.00. The Kier molecular flexibility index (Phi) is 4.21. The van der Waals surface area contributed by atoms with E-state index in [1.54, 1.807) is 0 Å². The number of benzene rings is 1. The van der Waals surface area contributed by atoms with Crippen molar-refractivity contribution < 1.29 is 0 Å². The Balaban J connectivity index is 2.73. The van der Waals surface area contributed by atoms with Crippen LogP contribution in [0.25, 0.3) is 6.08 Å². The smallest absolute Gasteiger partial charge is 0.0491 e. The van der Waals surface area contributed by atoms with Gasteiger partial charge in [0.1, 0.15) is 0 Å². The van der Waals surface area contributed by atoms with Gasteiger partial charge in [0, 0.05) is 5.38 Å². The molecule has 0 amide bonds. The predicted molar refractivity (Wildman–Crippen MR) is 64.9 cm³/mol. The van der Waals surface area contributed by atoms with Crippen molar-refractivity contribution in [3.63, 3.8) is 0 Å². The molecule has 0 aliphatic rings. The van der Waals surface area contributed by atoms with Crippen LogP contribution < -0.4 is 0 Å². The lowest BCUT2D eigenvalue weighted by molar-refractivity contribution is 0.866. The molecular formula is C13H17Cl. The van der Waals surface area contributed by atoms with Crippen LogP contribution in [0.2, 0.25) is 0 Å². The standard InChI is InChI=1S/C13H17Cl/c1-10(2)13-8-6-12(7-9-13)5-4-11(3)14/h4-11H,1-3H3/b5-4+. The molecule has 0 fully saturated rings. The summed E-state index contributed by atoms with van der Waals surface area (Å²) >= 11 is 5.82. The normalized spacial score (nSPS) is 13.8. The van der Waals surface area contributed by atoms with Crippen LogP contribution in [0.4, 0.5) is 0 Å². The molecule has 14 heavy (non-hydrogen) atoms. The van der Waals surface area contributed by atoms with Gasteiger partial charge in [0.25, 0.3) is 0 Å². The molecule has 0 aliphatic heterocycles. The number of hydrogen-bond acceptors (Lipinski definition) is 0. The molecule has 0 nitrogen and oxygen atoms in total. The number of alkyl halides is 1. The van der Waals surface area contributed by atoms with Gasteiger partial charge in [0.2, 0.25) is 0 Å². The van der Waals surface area contributed by atoms with Gasteiger partial charge in [-0.15, -0.1) is 11.6 Å². The van der Waals surface area contributed by atoms with E-state index in [2.05, 4.69) is 44.2 Å². The van der Waals surface area contributed by atoms with Crippen molar-refractivity contribution in [3.8, 4) is 0 Å². The number of halogens is 1. The Morgan fingerprint density at radius 2 is 1.64 bits per heavy atom. The van der Waals surface area contributed by atoms with Crippen LogP contribution in [0.15, 0.2) is 30.3 Å². The quantitative estimate of drug-likeness (QED) is 0.644. The summed E-state index contributed by atoms with van der Waals surface area (Å²) in [6, 6.07) is 8.60. The van der Waals surface area contributed by atoms with E-state index >= 15 is 0 Å². The van der Waals surface area contributed by atoms with Crippen molar-refractivity contribution in [1.82, 2.24) is 0 Å². The molecule has 0 saturated carbocycles. The molecule has 0 N–H and O–H groups in total. The lowest BCUT2D eigenvalue weighted by Crippen LogP contribution is -1.86. The van der Waals surface area contributed by atoms with Gasteiger partial charge < -0.3 is 0 Å². The molecule has 76 valence electrons. The third kappa shape index (κ3) is 3.55. The van der Waals surface area contributed by atoms with Crippen molar-refractivity contribution in [2.24, 2.45) is 0 Å². The van der Waals surface area contributed by atoms with E-state index < -0.39 is 0 Å². The molecule has 0 saturated heterocycles. The molecule has 1 atom stereocenters. The minimum absolute atomic E-state index is 0.0970. The Labute approximate surface area is 91.6 Å². The molecule has 1 aromatic carbocycles. The maximum atomic E-state index is 5.82. The van der Waals surface area contributed by atoms with E-state index in [-0.39, 0.29) is 5.38 Å². The van der Waals surface area contributed by atoms with E-state index in [4.69, 9.17) is 11.6 Å². The highest BCUT2D eigenvalue weighted by Gasteiger charge is 1.97. The fourth-order valence-corrected chi connectivity index (χ4v) is 1.31. The average Bonchev–Trinajstić information content (AvgIpc) is 2.15. The number of hydrogen-bond donors (Lipinski definition) is 0. The Morgan fingerprint density at radius 3 is 2.07 bits per heavy atom. The SMILES string of the molecule is CC(Cl)/C=C/c1ccc(C(C)C)cc1. The summed E-state index contributed by atoms with van der Waals surface area (Å²) in [5.74, 6) is 0.597. The summed E-state index contributed by atoms with van der Waals surface area (Å²) in [5, 5.41) is 0.0970. The lowest BCUT2D eigenvalue weighted by Gasteiger charge is -2.04. The molecule has 0 heterocycles. The highest BCUT2D eigenvalue weighted by atomic mass is 35.5. The second-order valence-electron chi connectivity index (χ2n) is 3.86. The van der Waals surface area contributed by atoms with E-state index in [1.807, 2.05) is 13.0 Å². The van der Waals surface area contributed by atoms with Gasteiger partial charge in [-0.2, -0.15) is 0 Å². The molecule has 0 spiro atoms. The van der Waals surface area contributed by atoms with Gasteiger partial charge in [-0.1, -0.05) is 50.3 Å². The lowest BCUT2D eigenvalue weighted by atomic mass is 10.0. The highest BCUT2D eigenvalue weighted by Crippen LogP contribution is 2.15. The Morgan fingerprint density at radius 1 is 1.07 bits per heavy atom. The van der Waals surface area contributed by atoms with E-state index in [0.29, 0.717) is 5.92 Å². The maximum absolute atomic E-state index is 5.82. The third-order valence-corrected chi connectivity index (χ3v) is 2.30. The summed E-state index contributed by atoms with van der Waals surface area (Å²) in [7, 11) is 0. The van der Waals surface area contributed by atoms with Gasteiger partial charge >= 0.3 is 0 Å². The second-order valence-corrected chi connectivity index (χ2v) is 4.55. The van der Waals surface area contributed by atoms with Crippen molar-refractivity contribution in [3.05, 3.63) is 41.5 Å². The molecule has 1 rings (SSSR count). The molecule has 0 aromatic heterocycles. The minimum Gasteiger partial charge on any atom is -0.119 e. The van der Waals surface area contributed by atoms with Crippen molar-refractivity contribution in [2.45, 2.75) is 32.1 Å². The second kappa shape index (κ2) is 5.21. The minimum atomic E-state index is 0.0970. The van der Waals surface area contributed by atoms with Crippen LogP contribution >= 0.6 is 11.6 Å². The van der Waals surface area contributed by atoms with Gasteiger partial charge in [-0.25, -0.2) is 0 Å². The van der Waals surface area contributed by atoms with Crippen molar-refractivity contribution >= 4 is 17.7 Å². The Bertz CT molecular complexity index is 294. The van der Waals surface area contributed by atoms with Crippen LogP contribution in [-0.4, -0.2) is 5.38 Å². The summed E-state index contributed by atoms with van der Waals surface area (Å²) < 4.78 is 0. The van der Waals surface area contributed by atoms with E-state index in [0.717, 1.165) is 0 Å². The summed E-state index contributed by atoms with van der Waals surface area (Å²) in [4.78, 5) is 0. The topological polar surface area (TPSA) is 0 Å². The zero-order chi connectivity index (χ0) is 10.6. The number of allylic oxidation sites excluding steroid dienone is 1. The fraction of sp³-hybridized carbons (Fsp3) is 0.385. The van der Waals surface area contributed by atoms with E-state index in [9.17, 15) is 0 Å². The van der Waals surface area contributed by atoms with Gasteiger partial charge in [-0.3, -0.25) is 0 Å². The first kappa shape index (κ1) is 11.3. The maximum Gasteiger partial charge on any atom is 0.0491 e. The summed E-state index contributed by atoms with van der Waals surface area (Å²) in [6.07, 6.45) is 4.05. The third-order valence-electron chi connectivity index (χ3n) is 2.16. The Hall–Kier alpha value is -0.750. The van der Waals surface area contributed by atoms with Gasteiger partial charge in [0.05, 0.1) is 0 Å². The van der Waals surface area contributed by atoms with Crippen LogP contribution in [0.3, 0.4) is 0 Å². The van der Waals surface area contributed by atoms with Crippen molar-refractivity contribution in [2.75, 3.05) is 0 Å². The first-order valence-electron chi connectivity index (χ1n) is 5.02. The molecule has 1 heteroatoms. The highest BCUT2D eigenvalue weighted by molar-refractivity contribution is 6.21. The molecular weight excluding hydrogens is 192 g/mol. The van der Waals surface area contributed by atoms with Crippen LogP contribution in [0.5, 0.6) is 0 Å². The van der Waals surface area contributed by atoms with Crippen LogP contribution in [0, 0.1) is 0 Å². The molecule has 0 bridgehead atoms. The van der Waals surface area contributed by atoms with Gasteiger partial charge in [-0.05, 0) is 24.0 Å². The van der Waals surface area contributed by atoms with Crippen LogP contribution in [-0.2, 0) is 0 Å². The first-order chi connectivity index (χ1) is 6.59. The molecule has 1 unspecified atom stereocenters. The van der Waals surface area contributed by atoms with Crippen molar-refractivity contribution in [1.29, 1.82) is 0 Å². The predicted octanol–water partition coefficient (Wildman–Crippen LogP) is 4.45.